The number of hydrogen-bond acceptors (Lipinski definition) is 4. The monoisotopic (exact) mass is 407 g/mol. The summed E-state index contributed by atoms with van der Waals surface area (Å²) in [6.45, 7) is 6.08. The molecule has 0 aliphatic carbocycles. The van der Waals surface area contributed by atoms with Crippen molar-refractivity contribution in [2.24, 2.45) is 5.92 Å². The van der Waals surface area contributed by atoms with Gasteiger partial charge in [0.25, 0.3) is 5.91 Å². The molecule has 2 N–H and O–H groups in total. The summed E-state index contributed by atoms with van der Waals surface area (Å²) in [6.07, 6.45) is 1.78. The van der Waals surface area contributed by atoms with Crippen LogP contribution in [0.2, 0.25) is 0 Å². The van der Waals surface area contributed by atoms with Crippen molar-refractivity contribution in [3.63, 3.8) is 0 Å². The molecule has 1 aliphatic rings. The molecule has 3 rings (SSSR count). The first-order chi connectivity index (χ1) is 14.5. The van der Waals surface area contributed by atoms with E-state index in [2.05, 4.69) is 17.2 Å². The van der Waals surface area contributed by atoms with Crippen molar-refractivity contribution in [2.75, 3.05) is 29.9 Å². The first-order valence-electron chi connectivity index (χ1n) is 9.75. The van der Waals surface area contributed by atoms with E-state index >= 15 is 0 Å². The number of para-hydroxylation sites is 1. The predicted octanol–water partition coefficient (Wildman–Crippen LogP) is 2.67. The summed E-state index contributed by atoms with van der Waals surface area (Å²) in [5.74, 6) is -0.356. The number of hydrogen-bond donors (Lipinski definition) is 2. The van der Waals surface area contributed by atoms with E-state index in [4.69, 9.17) is 4.74 Å². The molecule has 1 fully saturated rings. The zero-order valence-corrected chi connectivity index (χ0v) is 16.9. The summed E-state index contributed by atoms with van der Waals surface area (Å²) >= 11 is 0. The smallest absolute Gasteiger partial charge is 0.262 e. The molecule has 7 heteroatoms. The zero-order valence-electron chi connectivity index (χ0n) is 16.9. The van der Waals surface area contributed by atoms with Gasteiger partial charge in [0, 0.05) is 30.9 Å². The van der Waals surface area contributed by atoms with Crippen LogP contribution in [0.4, 0.5) is 11.4 Å². The summed E-state index contributed by atoms with van der Waals surface area (Å²) in [7, 11) is 0. The number of carbonyl (C=O) groups is 3. The lowest BCUT2D eigenvalue weighted by molar-refractivity contribution is -0.126. The Balaban J connectivity index is 1.53. The first kappa shape index (κ1) is 21.1. The Hall–Kier alpha value is -3.61. The van der Waals surface area contributed by atoms with Crippen LogP contribution in [0.15, 0.2) is 61.2 Å². The van der Waals surface area contributed by atoms with Gasteiger partial charge in [0.2, 0.25) is 11.8 Å². The zero-order chi connectivity index (χ0) is 21.5. The minimum atomic E-state index is -0.376. The number of amides is 3. The molecule has 1 heterocycles. The van der Waals surface area contributed by atoms with Crippen LogP contribution in [0.1, 0.15) is 12.0 Å². The van der Waals surface area contributed by atoms with E-state index in [9.17, 15) is 14.4 Å². The highest BCUT2D eigenvalue weighted by Crippen LogP contribution is 2.27. The molecule has 30 heavy (non-hydrogen) atoms. The number of anilines is 2. The van der Waals surface area contributed by atoms with E-state index in [1.807, 2.05) is 31.2 Å². The van der Waals surface area contributed by atoms with Gasteiger partial charge in [0.15, 0.2) is 6.61 Å². The van der Waals surface area contributed by atoms with Crippen molar-refractivity contribution >= 4 is 29.1 Å². The van der Waals surface area contributed by atoms with E-state index in [0.29, 0.717) is 24.5 Å². The largest absolute Gasteiger partial charge is 0.484 e. The number of rotatable bonds is 8. The van der Waals surface area contributed by atoms with Crippen molar-refractivity contribution in [2.45, 2.75) is 13.3 Å². The molecule has 0 saturated carbocycles. The average molecular weight is 407 g/mol. The summed E-state index contributed by atoms with van der Waals surface area (Å²) in [5, 5.41) is 5.54. The molecule has 0 aromatic heterocycles. The quantitative estimate of drug-likeness (QED) is 0.659. The fourth-order valence-corrected chi connectivity index (χ4v) is 3.22. The average Bonchev–Trinajstić information content (AvgIpc) is 3.14. The molecule has 0 spiro atoms. The number of ether oxygens (including phenoxy) is 1. The minimum Gasteiger partial charge on any atom is -0.484 e. The second kappa shape index (κ2) is 9.73. The number of nitrogens with zero attached hydrogens (tertiary/aromatic N) is 1. The number of nitrogens with one attached hydrogen (secondary N) is 2. The normalized spacial score (nSPS) is 15.6. The molecule has 7 nitrogen and oxygen atoms in total. The summed E-state index contributed by atoms with van der Waals surface area (Å²) < 4.78 is 5.54. The summed E-state index contributed by atoms with van der Waals surface area (Å²) in [5.41, 5.74) is 2.42. The van der Waals surface area contributed by atoms with Gasteiger partial charge in [-0.05, 0) is 42.8 Å². The van der Waals surface area contributed by atoms with Crippen LogP contribution < -0.4 is 20.3 Å². The van der Waals surface area contributed by atoms with Crippen molar-refractivity contribution in [1.82, 2.24) is 5.32 Å². The van der Waals surface area contributed by atoms with Gasteiger partial charge in [0.05, 0.1) is 5.92 Å². The molecule has 1 aliphatic heterocycles. The molecule has 0 radical (unpaired) electrons. The Kier molecular flexibility index (Phi) is 6.85. The van der Waals surface area contributed by atoms with E-state index < -0.39 is 0 Å². The topological polar surface area (TPSA) is 87.7 Å². The van der Waals surface area contributed by atoms with Crippen LogP contribution in [-0.2, 0) is 14.4 Å². The lowest BCUT2D eigenvalue weighted by Gasteiger charge is -2.17. The fraction of sp³-hybridized carbons (Fsp3) is 0.261. The van der Waals surface area contributed by atoms with Crippen molar-refractivity contribution < 1.29 is 19.1 Å². The van der Waals surface area contributed by atoms with Crippen molar-refractivity contribution in [3.05, 3.63) is 66.7 Å². The van der Waals surface area contributed by atoms with Crippen LogP contribution in [-0.4, -0.2) is 37.4 Å². The molecule has 1 atom stereocenters. The standard InChI is InChI=1S/C23H25N3O4/c1-3-12-24-23(29)17-13-22(28)26(14-17)18-8-10-19(11-9-18)30-15-21(27)25-20-7-5-4-6-16(20)2/h3-11,17H,1,12-15H2,2H3,(H,24,29)(H,25,27)/t17-/m1/s1. The summed E-state index contributed by atoms with van der Waals surface area (Å²) in [6, 6.07) is 14.4. The van der Waals surface area contributed by atoms with Crippen LogP contribution in [0, 0.1) is 12.8 Å². The van der Waals surface area contributed by atoms with E-state index in [1.54, 1.807) is 35.2 Å². The van der Waals surface area contributed by atoms with Gasteiger partial charge in [-0.15, -0.1) is 6.58 Å². The third-order valence-corrected chi connectivity index (χ3v) is 4.85. The van der Waals surface area contributed by atoms with Crippen molar-refractivity contribution in [1.29, 1.82) is 0 Å². The van der Waals surface area contributed by atoms with Gasteiger partial charge >= 0.3 is 0 Å². The highest BCUT2D eigenvalue weighted by Gasteiger charge is 2.34. The maximum atomic E-state index is 12.3. The van der Waals surface area contributed by atoms with Gasteiger partial charge in [-0.2, -0.15) is 0 Å². The van der Waals surface area contributed by atoms with E-state index in [0.717, 1.165) is 11.3 Å². The number of benzene rings is 2. The molecule has 3 amide bonds. The van der Waals surface area contributed by atoms with Gasteiger partial charge < -0.3 is 20.3 Å². The molecule has 2 aromatic rings. The highest BCUT2D eigenvalue weighted by atomic mass is 16.5. The van der Waals surface area contributed by atoms with Crippen LogP contribution in [0.25, 0.3) is 0 Å². The third kappa shape index (κ3) is 5.26. The van der Waals surface area contributed by atoms with Crippen molar-refractivity contribution in [3.8, 4) is 5.75 Å². The molecule has 1 saturated heterocycles. The molecular weight excluding hydrogens is 382 g/mol. The lowest BCUT2D eigenvalue weighted by Crippen LogP contribution is -2.32. The lowest BCUT2D eigenvalue weighted by atomic mass is 10.1. The van der Waals surface area contributed by atoms with Crippen LogP contribution in [0.5, 0.6) is 5.75 Å². The van der Waals surface area contributed by atoms with Crippen LogP contribution >= 0.6 is 0 Å². The molecule has 156 valence electrons. The number of aryl methyl sites for hydroxylation is 1. The Bertz CT molecular complexity index is 940. The first-order valence-corrected chi connectivity index (χ1v) is 9.75. The second-order valence-electron chi connectivity index (χ2n) is 7.08. The van der Waals surface area contributed by atoms with Gasteiger partial charge in [-0.25, -0.2) is 0 Å². The van der Waals surface area contributed by atoms with Gasteiger partial charge in [-0.1, -0.05) is 24.3 Å². The highest BCUT2D eigenvalue weighted by molar-refractivity contribution is 6.00. The fourth-order valence-electron chi connectivity index (χ4n) is 3.22. The molecular formula is C23H25N3O4. The molecule has 0 unspecified atom stereocenters. The Labute approximate surface area is 175 Å². The van der Waals surface area contributed by atoms with Gasteiger partial charge in [0.1, 0.15) is 5.75 Å². The molecule has 2 aromatic carbocycles. The SMILES string of the molecule is C=CCNC(=O)[C@@H]1CC(=O)N(c2ccc(OCC(=O)Nc3ccccc3C)cc2)C1. The molecule has 0 bridgehead atoms. The minimum absolute atomic E-state index is 0.0972. The summed E-state index contributed by atoms with van der Waals surface area (Å²) in [4.78, 5) is 38.1. The Morgan fingerprint density at radius 3 is 2.63 bits per heavy atom. The number of carbonyl (C=O) groups excluding carboxylic acids is 3. The third-order valence-electron chi connectivity index (χ3n) is 4.85. The van der Waals surface area contributed by atoms with Crippen LogP contribution in [0.3, 0.4) is 0 Å². The van der Waals surface area contributed by atoms with Gasteiger partial charge in [-0.3, -0.25) is 14.4 Å². The van der Waals surface area contributed by atoms with E-state index in [-0.39, 0.29) is 36.7 Å². The van der Waals surface area contributed by atoms with E-state index in [1.165, 1.54) is 0 Å². The Morgan fingerprint density at radius 1 is 1.20 bits per heavy atom. The predicted molar refractivity (Wildman–Crippen MR) is 115 cm³/mol. The maximum Gasteiger partial charge on any atom is 0.262 e. The Morgan fingerprint density at radius 2 is 1.93 bits per heavy atom. The maximum absolute atomic E-state index is 12.3. The second-order valence-corrected chi connectivity index (χ2v) is 7.08.